The number of aromatic nitrogens is 2. The summed E-state index contributed by atoms with van der Waals surface area (Å²) < 4.78 is 0. The van der Waals surface area contributed by atoms with E-state index in [0.717, 1.165) is 24.2 Å². The molecule has 0 unspecified atom stereocenters. The number of carbonyl (C=O) groups is 1. The molecule has 13 heavy (non-hydrogen) atoms. The van der Waals surface area contributed by atoms with Gasteiger partial charge in [-0.2, -0.15) is 0 Å². The smallest absolute Gasteiger partial charge is 0.282 e. The van der Waals surface area contributed by atoms with Gasteiger partial charge < -0.3 is 11.1 Å². The number of anilines is 1. The maximum Gasteiger partial charge on any atom is 0.282 e. The minimum absolute atomic E-state index is 0.192. The highest BCUT2D eigenvalue weighted by molar-refractivity contribution is 7.16. The van der Waals surface area contributed by atoms with Crippen LogP contribution in [0.25, 0.3) is 0 Å². The zero-order valence-corrected chi connectivity index (χ0v) is 8.23. The second-order valence-electron chi connectivity index (χ2n) is 2.55. The molecule has 1 heterocycles. The van der Waals surface area contributed by atoms with Crippen molar-refractivity contribution in [1.82, 2.24) is 15.5 Å². The number of hydrogen-bond acceptors (Lipinski definition) is 5. The standard InChI is InChI=1S/C7H12N4OS/c1-2-3-4-9-5(12)6-10-11-7(8)13-6/h2-4H2,1H3,(H2,8,11)(H,9,12). The number of amides is 1. The van der Waals surface area contributed by atoms with E-state index in [1.165, 1.54) is 0 Å². The molecule has 0 saturated carbocycles. The van der Waals surface area contributed by atoms with Gasteiger partial charge in [0.15, 0.2) is 0 Å². The monoisotopic (exact) mass is 200 g/mol. The van der Waals surface area contributed by atoms with Crippen molar-refractivity contribution in [1.29, 1.82) is 0 Å². The van der Waals surface area contributed by atoms with Gasteiger partial charge in [0.05, 0.1) is 0 Å². The predicted molar refractivity (Wildman–Crippen MR) is 51.6 cm³/mol. The van der Waals surface area contributed by atoms with Gasteiger partial charge in [0.25, 0.3) is 5.91 Å². The first-order valence-electron chi connectivity index (χ1n) is 4.11. The molecular formula is C7H12N4OS. The summed E-state index contributed by atoms with van der Waals surface area (Å²) in [6.07, 6.45) is 2.03. The van der Waals surface area contributed by atoms with Crippen molar-refractivity contribution in [2.75, 3.05) is 12.3 Å². The minimum Gasteiger partial charge on any atom is -0.374 e. The normalized spacial score (nSPS) is 9.92. The number of nitrogens with zero attached hydrogens (tertiary/aromatic N) is 2. The average Bonchev–Trinajstić information content (AvgIpc) is 2.52. The first kappa shape index (κ1) is 9.91. The Labute approximate surface area is 80.4 Å². The van der Waals surface area contributed by atoms with Crippen LogP contribution in [-0.2, 0) is 0 Å². The third kappa shape index (κ3) is 2.98. The zero-order chi connectivity index (χ0) is 9.68. The van der Waals surface area contributed by atoms with E-state index in [4.69, 9.17) is 5.73 Å². The van der Waals surface area contributed by atoms with Crippen molar-refractivity contribution in [2.45, 2.75) is 19.8 Å². The van der Waals surface area contributed by atoms with Crippen molar-refractivity contribution in [2.24, 2.45) is 0 Å². The third-order valence-electron chi connectivity index (χ3n) is 1.45. The number of unbranched alkanes of at least 4 members (excludes halogenated alkanes) is 1. The molecule has 0 saturated heterocycles. The van der Waals surface area contributed by atoms with Gasteiger partial charge >= 0.3 is 0 Å². The lowest BCUT2D eigenvalue weighted by Gasteiger charge is -1.99. The van der Waals surface area contributed by atoms with E-state index in [1.807, 2.05) is 0 Å². The molecule has 1 rings (SSSR count). The first-order valence-corrected chi connectivity index (χ1v) is 4.93. The fourth-order valence-corrected chi connectivity index (χ4v) is 1.31. The van der Waals surface area contributed by atoms with Crippen molar-refractivity contribution in [3.05, 3.63) is 5.01 Å². The van der Waals surface area contributed by atoms with Gasteiger partial charge in [0.1, 0.15) is 0 Å². The van der Waals surface area contributed by atoms with E-state index in [1.54, 1.807) is 0 Å². The van der Waals surface area contributed by atoms with E-state index in [2.05, 4.69) is 22.4 Å². The zero-order valence-electron chi connectivity index (χ0n) is 7.41. The Kier molecular flexibility index (Phi) is 3.63. The highest BCUT2D eigenvalue weighted by Gasteiger charge is 2.09. The van der Waals surface area contributed by atoms with Crippen LogP contribution in [0.4, 0.5) is 5.13 Å². The lowest BCUT2D eigenvalue weighted by Crippen LogP contribution is -2.24. The Morgan fingerprint density at radius 1 is 1.62 bits per heavy atom. The molecule has 3 N–H and O–H groups in total. The molecule has 1 aromatic rings. The number of nitrogens with two attached hydrogens (primary N) is 1. The average molecular weight is 200 g/mol. The predicted octanol–water partition coefficient (Wildman–Crippen LogP) is 0.650. The summed E-state index contributed by atoms with van der Waals surface area (Å²) in [5.74, 6) is -0.192. The van der Waals surface area contributed by atoms with Crippen LogP contribution in [0.3, 0.4) is 0 Å². The first-order chi connectivity index (χ1) is 6.24. The van der Waals surface area contributed by atoms with Crippen LogP contribution in [0.15, 0.2) is 0 Å². The largest absolute Gasteiger partial charge is 0.374 e. The van der Waals surface area contributed by atoms with Gasteiger partial charge in [0, 0.05) is 6.54 Å². The Morgan fingerprint density at radius 2 is 2.38 bits per heavy atom. The molecule has 1 amide bonds. The molecule has 0 aliphatic rings. The Bertz CT molecular complexity index is 286. The lowest BCUT2D eigenvalue weighted by molar-refractivity contribution is 0.0952. The van der Waals surface area contributed by atoms with Gasteiger partial charge in [-0.3, -0.25) is 4.79 Å². The molecule has 5 nitrogen and oxygen atoms in total. The van der Waals surface area contributed by atoms with Gasteiger partial charge in [-0.1, -0.05) is 24.7 Å². The summed E-state index contributed by atoms with van der Waals surface area (Å²) in [7, 11) is 0. The fourth-order valence-electron chi connectivity index (χ4n) is 0.781. The van der Waals surface area contributed by atoms with Crippen molar-refractivity contribution >= 4 is 22.4 Å². The quantitative estimate of drug-likeness (QED) is 0.699. The second-order valence-corrected chi connectivity index (χ2v) is 3.56. The molecule has 0 bridgehead atoms. The van der Waals surface area contributed by atoms with Crippen molar-refractivity contribution in [3.8, 4) is 0 Å². The molecule has 0 radical (unpaired) electrons. The summed E-state index contributed by atoms with van der Waals surface area (Å²) in [5.41, 5.74) is 5.34. The van der Waals surface area contributed by atoms with Crippen LogP contribution in [0.1, 0.15) is 29.6 Å². The van der Waals surface area contributed by atoms with Crippen LogP contribution in [0.5, 0.6) is 0 Å². The van der Waals surface area contributed by atoms with E-state index in [9.17, 15) is 4.79 Å². The van der Waals surface area contributed by atoms with E-state index in [0.29, 0.717) is 16.7 Å². The van der Waals surface area contributed by atoms with Gasteiger partial charge in [-0.25, -0.2) is 0 Å². The molecule has 0 aliphatic heterocycles. The number of carbonyl (C=O) groups excluding carboxylic acids is 1. The van der Waals surface area contributed by atoms with Crippen molar-refractivity contribution in [3.63, 3.8) is 0 Å². The van der Waals surface area contributed by atoms with E-state index < -0.39 is 0 Å². The van der Waals surface area contributed by atoms with Gasteiger partial charge in [0.2, 0.25) is 10.1 Å². The van der Waals surface area contributed by atoms with Crippen molar-refractivity contribution < 1.29 is 4.79 Å². The highest BCUT2D eigenvalue weighted by Crippen LogP contribution is 2.10. The molecule has 1 aromatic heterocycles. The molecular weight excluding hydrogens is 188 g/mol. The van der Waals surface area contributed by atoms with Gasteiger partial charge in [-0.05, 0) is 6.42 Å². The SMILES string of the molecule is CCCCNC(=O)c1nnc(N)s1. The van der Waals surface area contributed by atoms with E-state index >= 15 is 0 Å². The van der Waals surface area contributed by atoms with Crippen LogP contribution in [-0.4, -0.2) is 22.6 Å². The summed E-state index contributed by atoms with van der Waals surface area (Å²) in [5, 5.41) is 10.6. The Hall–Kier alpha value is -1.17. The second kappa shape index (κ2) is 4.76. The molecule has 72 valence electrons. The molecule has 0 spiro atoms. The molecule has 0 atom stereocenters. The molecule has 0 fully saturated rings. The van der Waals surface area contributed by atoms with E-state index in [-0.39, 0.29) is 5.91 Å². The van der Waals surface area contributed by atoms with Crippen LogP contribution in [0, 0.1) is 0 Å². The minimum atomic E-state index is -0.192. The highest BCUT2D eigenvalue weighted by atomic mass is 32.1. The Morgan fingerprint density at radius 3 is 2.92 bits per heavy atom. The van der Waals surface area contributed by atoms with Crippen LogP contribution >= 0.6 is 11.3 Å². The van der Waals surface area contributed by atoms with Gasteiger partial charge in [-0.15, -0.1) is 10.2 Å². The maximum absolute atomic E-state index is 11.3. The van der Waals surface area contributed by atoms with Crippen LogP contribution < -0.4 is 11.1 Å². The number of hydrogen-bond donors (Lipinski definition) is 2. The summed E-state index contributed by atoms with van der Waals surface area (Å²) >= 11 is 1.10. The third-order valence-corrected chi connectivity index (χ3v) is 2.20. The Balaban J connectivity index is 2.40. The number of nitrogen functional groups attached to an aromatic ring is 1. The molecule has 6 heteroatoms. The number of nitrogens with one attached hydrogen (secondary N) is 1. The maximum atomic E-state index is 11.3. The lowest BCUT2D eigenvalue weighted by atomic mass is 10.3. The molecule has 0 aliphatic carbocycles. The summed E-state index contributed by atoms with van der Waals surface area (Å²) in [6.45, 7) is 2.74. The fraction of sp³-hybridized carbons (Fsp3) is 0.571. The number of rotatable bonds is 4. The topological polar surface area (TPSA) is 80.9 Å². The van der Waals surface area contributed by atoms with Crippen LogP contribution in [0.2, 0.25) is 0 Å². The molecule has 0 aromatic carbocycles. The summed E-state index contributed by atoms with van der Waals surface area (Å²) in [4.78, 5) is 11.3. The summed E-state index contributed by atoms with van der Waals surface area (Å²) in [6, 6.07) is 0.